The van der Waals surface area contributed by atoms with Crippen LogP contribution in [0.15, 0.2) is 41.1 Å². The monoisotopic (exact) mass is 562 g/mol. The molecule has 0 unspecified atom stereocenters. The number of amides is 1. The first kappa shape index (κ1) is 29.2. The molecule has 0 saturated heterocycles. The average molecular weight is 563 g/mol. The molecule has 4 aliphatic carbocycles. The van der Waals surface area contributed by atoms with Gasteiger partial charge in [0.2, 0.25) is 0 Å². The number of ether oxygens (including phenoxy) is 1. The summed E-state index contributed by atoms with van der Waals surface area (Å²) in [5, 5.41) is 27.7. The summed E-state index contributed by atoms with van der Waals surface area (Å²) in [4.78, 5) is 30.3. The van der Waals surface area contributed by atoms with Gasteiger partial charge >= 0.3 is 5.97 Å². The van der Waals surface area contributed by atoms with Gasteiger partial charge in [-0.3, -0.25) is 4.79 Å². The minimum absolute atomic E-state index is 0.0967. The highest BCUT2D eigenvalue weighted by atomic mass is 16.6. The molecule has 4 aliphatic rings. The predicted molar refractivity (Wildman–Crippen MR) is 155 cm³/mol. The van der Waals surface area contributed by atoms with E-state index in [2.05, 4.69) is 36.3 Å². The fourth-order valence-corrected chi connectivity index (χ4v) is 8.51. The van der Waals surface area contributed by atoms with Crippen molar-refractivity contribution >= 4 is 17.6 Å². The van der Waals surface area contributed by atoms with Gasteiger partial charge in [-0.2, -0.15) is 0 Å². The lowest BCUT2D eigenvalue weighted by Crippen LogP contribution is -2.54. The Hall–Kier alpha value is -3.31. The van der Waals surface area contributed by atoms with Crippen molar-refractivity contribution < 1.29 is 29.4 Å². The van der Waals surface area contributed by atoms with Crippen molar-refractivity contribution in [1.29, 1.82) is 0 Å². The van der Waals surface area contributed by atoms with E-state index in [-0.39, 0.29) is 29.6 Å². The third kappa shape index (κ3) is 5.25. The highest BCUT2D eigenvalue weighted by Gasteiger charge is 2.63. The molecule has 0 aromatic heterocycles. The van der Waals surface area contributed by atoms with E-state index in [1.54, 1.807) is 12.1 Å². The van der Waals surface area contributed by atoms with Crippen LogP contribution in [0.2, 0.25) is 0 Å². The van der Waals surface area contributed by atoms with Gasteiger partial charge in [0, 0.05) is 11.8 Å². The van der Waals surface area contributed by atoms with Crippen LogP contribution in [0, 0.1) is 40.9 Å². The SMILES string of the molecule is C#C[C@@]1(O)CC[C@@H]2[C@H]3CCC4=CC(=NOCC(=O)N[C@@H](Cc5ccc(O)cc5)C(=O)OC)CC[C@]4(C)[C@H]3CC[C@]21C. The molecule has 7 atom stereocenters. The molecule has 0 spiro atoms. The van der Waals surface area contributed by atoms with Crippen molar-refractivity contribution in [1.82, 2.24) is 5.32 Å². The molecular formula is C33H42N2O6. The second-order valence-corrected chi connectivity index (χ2v) is 12.9. The van der Waals surface area contributed by atoms with Gasteiger partial charge in [0.05, 0.1) is 12.8 Å². The molecule has 3 N–H and O–H groups in total. The molecular weight excluding hydrogens is 520 g/mol. The van der Waals surface area contributed by atoms with Crippen molar-refractivity contribution in [2.45, 2.75) is 83.3 Å². The van der Waals surface area contributed by atoms with Gasteiger partial charge in [0.15, 0.2) is 6.61 Å². The Kier molecular flexibility index (Phi) is 7.95. The predicted octanol–water partition coefficient (Wildman–Crippen LogP) is 4.29. The molecule has 220 valence electrons. The zero-order chi connectivity index (χ0) is 29.4. The number of esters is 1. The maximum Gasteiger partial charge on any atom is 0.328 e. The van der Waals surface area contributed by atoms with E-state index in [1.807, 2.05) is 0 Å². The molecule has 5 rings (SSSR count). The van der Waals surface area contributed by atoms with Gasteiger partial charge in [-0.25, -0.2) is 4.79 Å². The Balaban J connectivity index is 1.20. The summed E-state index contributed by atoms with van der Waals surface area (Å²) < 4.78 is 4.85. The Labute approximate surface area is 242 Å². The minimum Gasteiger partial charge on any atom is -0.508 e. The number of aromatic hydroxyl groups is 1. The van der Waals surface area contributed by atoms with Crippen LogP contribution in [0.1, 0.15) is 70.8 Å². The lowest BCUT2D eigenvalue weighted by atomic mass is 9.46. The van der Waals surface area contributed by atoms with Crippen molar-refractivity contribution in [3.8, 4) is 18.1 Å². The zero-order valence-corrected chi connectivity index (χ0v) is 24.3. The first-order chi connectivity index (χ1) is 19.5. The van der Waals surface area contributed by atoms with E-state index in [4.69, 9.17) is 16.0 Å². The number of carbonyl (C=O) groups is 2. The summed E-state index contributed by atoms with van der Waals surface area (Å²) >= 11 is 0. The summed E-state index contributed by atoms with van der Waals surface area (Å²) in [5.41, 5.74) is 1.92. The molecule has 41 heavy (non-hydrogen) atoms. The highest BCUT2D eigenvalue weighted by Crippen LogP contribution is 2.67. The second kappa shape index (κ2) is 11.2. The van der Waals surface area contributed by atoms with E-state index >= 15 is 0 Å². The zero-order valence-electron chi connectivity index (χ0n) is 24.3. The number of fused-ring (bicyclic) bond motifs is 5. The number of hydrogen-bond donors (Lipinski definition) is 3. The number of allylic oxidation sites excluding steroid dienone is 2. The van der Waals surface area contributed by atoms with Gasteiger partial charge < -0.3 is 25.1 Å². The van der Waals surface area contributed by atoms with Crippen LogP contribution in [-0.4, -0.2) is 53.2 Å². The maximum atomic E-state index is 12.6. The molecule has 0 radical (unpaired) electrons. The van der Waals surface area contributed by atoms with Crippen LogP contribution in [0.5, 0.6) is 5.75 Å². The van der Waals surface area contributed by atoms with E-state index in [0.29, 0.717) is 24.2 Å². The molecule has 1 amide bonds. The minimum atomic E-state index is -0.988. The summed E-state index contributed by atoms with van der Waals surface area (Å²) in [5.74, 6) is 3.45. The average Bonchev–Trinajstić information content (AvgIpc) is 3.24. The second-order valence-electron chi connectivity index (χ2n) is 12.9. The first-order valence-electron chi connectivity index (χ1n) is 14.8. The summed E-state index contributed by atoms with van der Waals surface area (Å²) in [6, 6.07) is 5.55. The molecule has 0 aliphatic heterocycles. The summed E-state index contributed by atoms with van der Waals surface area (Å²) in [7, 11) is 1.27. The Morgan fingerprint density at radius 1 is 1.12 bits per heavy atom. The van der Waals surface area contributed by atoms with Gasteiger partial charge in [0.1, 0.15) is 17.4 Å². The fraction of sp³-hybridized carbons (Fsp3) is 0.606. The molecule has 8 nitrogen and oxygen atoms in total. The van der Waals surface area contributed by atoms with Gasteiger partial charge in [-0.05, 0) is 98.3 Å². The smallest absolute Gasteiger partial charge is 0.328 e. The van der Waals surface area contributed by atoms with Crippen LogP contribution < -0.4 is 5.32 Å². The molecule has 0 bridgehead atoms. The number of benzene rings is 1. The standard InChI is InChI=1S/C33H42N2O6/c1-5-33(39)17-14-27-25-11-8-22-19-23(12-15-31(22,2)26(25)13-16-32(27,33)3)35-41-20-29(37)34-28(30(38)40-4)18-21-6-9-24(36)10-7-21/h1,6-7,9-10,19,25-28,36,39H,8,11-18,20H2,2-4H3,(H,34,37)/t25-,26-,27+,28-,31-,32+,33+/m0/s1. The van der Waals surface area contributed by atoms with Crippen molar-refractivity contribution in [2.75, 3.05) is 13.7 Å². The Bertz CT molecular complexity index is 1280. The largest absolute Gasteiger partial charge is 0.508 e. The topological polar surface area (TPSA) is 117 Å². The van der Waals surface area contributed by atoms with Crippen LogP contribution in [0.25, 0.3) is 0 Å². The third-order valence-corrected chi connectivity index (χ3v) is 10.9. The number of phenols is 1. The number of terminal acetylenes is 1. The lowest BCUT2D eigenvalue weighted by Gasteiger charge is -2.58. The maximum absolute atomic E-state index is 12.6. The number of rotatable bonds is 7. The number of aliphatic hydroxyl groups is 1. The van der Waals surface area contributed by atoms with Gasteiger partial charge in [-0.1, -0.05) is 42.6 Å². The molecule has 8 heteroatoms. The van der Waals surface area contributed by atoms with Crippen molar-refractivity contribution in [3.63, 3.8) is 0 Å². The molecule has 0 heterocycles. The van der Waals surface area contributed by atoms with Crippen molar-refractivity contribution in [2.24, 2.45) is 33.7 Å². The first-order valence-corrected chi connectivity index (χ1v) is 14.8. The summed E-state index contributed by atoms with van der Waals surface area (Å²) in [6.45, 7) is 4.30. The number of carbonyl (C=O) groups excluding carboxylic acids is 2. The highest BCUT2D eigenvalue weighted by molar-refractivity contribution is 5.96. The quantitative estimate of drug-likeness (QED) is 0.259. The third-order valence-electron chi connectivity index (χ3n) is 10.9. The Morgan fingerprint density at radius 2 is 1.85 bits per heavy atom. The fourth-order valence-electron chi connectivity index (χ4n) is 8.51. The van der Waals surface area contributed by atoms with Gasteiger partial charge in [-0.15, -0.1) is 6.42 Å². The number of nitrogens with zero attached hydrogens (tertiary/aromatic N) is 1. The van der Waals surface area contributed by atoms with E-state index in [9.17, 15) is 19.8 Å². The number of methoxy groups -OCH3 is 1. The number of nitrogens with one attached hydrogen (secondary N) is 1. The molecule has 3 saturated carbocycles. The van der Waals surface area contributed by atoms with E-state index in [1.165, 1.54) is 24.8 Å². The summed E-state index contributed by atoms with van der Waals surface area (Å²) in [6.07, 6.45) is 15.8. The van der Waals surface area contributed by atoms with E-state index in [0.717, 1.165) is 56.2 Å². The van der Waals surface area contributed by atoms with Crippen LogP contribution >= 0.6 is 0 Å². The molecule has 3 fully saturated rings. The van der Waals surface area contributed by atoms with Crippen LogP contribution in [-0.2, 0) is 25.6 Å². The van der Waals surface area contributed by atoms with Crippen molar-refractivity contribution in [3.05, 3.63) is 41.5 Å². The van der Waals surface area contributed by atoms with Crippen LogP contribution in [0.3, 0.4) is 0 Å². The Morgan fingerprint density at radius 3 is 2.56 bits per heavy atom. The number of hydrogen-bond acceptors (Lipinski definition) is 7. The van der Waals surface area contributed by atoms with Crippen LogP contribution in [0.4, 0.5) is 0 Å². The van der Waals surface area contributed by atoms with Gasteiger partial charge in [0.25, 0.3) is 5.91 Å². The normalized spacial score (nSPS) is 35.6. The van der Waals surface area contributed by atoms with E-state index < -0.39 is 23.5 Å². The number of oxime groups is 1. The molecule has 1 aromatic rings. The molecule has 1 aromatic carbocycles. The number of phenolic OH excluding ortho intramolecular Hbond substituents is 1. The lowest BCUT2D eigenvalue weighted by molar-refractivity contribution is -0.145.